The lowest BCUT2D eigenvalue weighted by Gasteiger charge is -2.28. The molecule has 2 unspecified atom stereocenters. The molecule has 2 atom stereocenters. The summed E-state index contributed by atoms with van der Waals surface area (Å²) >= 11 is 0. The maximum absolute atomic E-state index is 13.2. The highest BCUT2D eigenvalue weighted by atomic mass is 16.2. The van der Waals surface area contributed by atoms with E-state index in [1.807, 2.05) is 38.1 Å². The molecule has 0 radical (unpaired) electrons. The Balaban J connectivity index is 1.84. The first-order valence-corrected chi connectivity index (χ1v) is 9.27. The van der Waals surface area contributed by atoms with Gasteiger partial charge in [-0.1, -0.05) is 32.0 Å². The number of rotatable bonds is 4. The summed E-state index contributed by atoms with van der Waals surface area (Å²) in [5.41, 5.74) is 0.785. The minimum absolute atomic E-state index is 0.0370. The van der Waals surface area contributed by atoms with Crippen LogP contribution < -0.4 is 5.56 Å². The van der Waals surface area contributed by atoms with Crippen molar-refractivity contribution in [3.05, 3.63) is 40.8 Å². The Morgan fingerprint density at radius 2 is 2.07 bits per heavy atom. The van der Waals surface area contributed by atoms with Crippen LogP contribution in [0.2, 0.25) is 0 Å². The van der Waals surface area contributed by atoms with Crippen LogP contribution >= 0.6 is 0 Å². The maximum Gasteiger partial charge on any atom is 0.276 e. The van der Waals surface area contributed by atoms with Gasteiger partial charge in [-0.2, -0.15) is 5.10 Å². The van der Waals surface area contributed by atoms with Gasteiger partial charge in [0, 0.05) is 29.0 Å². The molecular weight excluding hydrogens is 344 g/mol. The predicted octanol–water partition coefficient (Wildman–Crippen LogP) is 2.26. The lowest BCUT2D eigenvalue weighted by atomic mass is 10.0. The second-order valence-corrected chi connectivity index (χ2v) is 7.44. The van der Waals surface area contributed by atoms with E-state index in [4.69, 9.17) is 0 Å². The second kappa shape index (κ2) is 6.64. The number of hydrogen-bond acceptors (Lipinski definition) is 4. The van der Waals surface area contributed by atoms with Crippen LogP contribution in [-0.4, -0.2) is 44.4 Å². The Kier molecular flexibility index (Phi) is 4.30. The van der Waals surface area contributed by atoms with Crippen molar-refractivity contribution < 1.29 is 9.59 Å². The van der Waals surface area contributed by atoms with E-state index in [9.17, 15) is 14.4 Å². The normalized spacial score (nSPS) is 18.5. The van der Waals surface area contributed by atoms with E-state index in [1.165, 1.54) is 0 Å². The van der Waals surface area contributed by atoms with Crippen molar-refractivity contribution in [3.63, 3.8) is 0 Å². The van der Waals surface area contributed by atoms with Crippen LogP contribution in [0.25, 0.3) is 21.8 Å². The number of likely N-dealkylation sites (tertiary alicyclic amines) is 1. The van der Waals surface area contributed by atoms with Gasteiger partial charge in [0.15, 0.2) is 5.52 Å². The van der Waals surface area contributed by atoms with E-state index in [0.717, 1.165) is 29.0 Å². The maximum atomic E-state index is 13.2. The van der Waals surface area contributed by atoms with E-state index in [0.29, 0.717) is 18.5 Å². The van der Waals surface area contributed by atoms with Crippen LogP contribution in [0.15, 0.2) is 35.3 Å². The molecule has 0 saturated carbocycles. The van der Waals surface area contributed by atoms with Crippen LogP contribution in [0.3, 0.4) is 0 Å². The molecule has 1 aliphatic heterocycles. The third kappa shape index (κ3) is 2.83. The fourth-order valence-corrected chi connectivity index (χ4v) is 3.99. The second-order valence-electron chi connectivity index (χ2n) is 7.44. The number of H-pyrrole nitrogens is 1. The number of nitrogens with zero attached hydrogens (tertiary/aromatic N) is 3. The molecule has 3 aromatic rings. The Labute approximate surface area is 156 Å². The fourth-order valence-electron chi connectivity index (χ4n) is 3.99. The number of amides is 1. The summed E-state index contributed by atoms with van der Waals surface area (Å²) in [6.45, 7) is 4.47. The van der Waals surface area contributed by atoms with Crippen LogP contribution in [0.5, 0.6) is 0 Å². The molecule has 27 heavy (non-hydrogen) atoms. The predicted molar refractivity (Wildman–Crippen MR) is 103 cm³/mol. The molecule has 0 bridgehead atoms. The third-order valence-electron chi connectivity index (χ3n) is 5.32. The summed E-state index contributed by atoms with van der Waals surface area (Å²) in [5.74, 6) is -0.154. The number of carbonyl (C=O) groups is 2. The van der Waals surface area contributed by atoms with E-state index in [2.05, 4.69) is 10.1 Å². The largest absolute Gasteiger partial charge is 0.331 e. The zero-order chi connectivity index (χ0) is 19.1. The smallest absolute Gasteiger partial charge is 0.276 e. The first-order chi connectivity index (χ1) is 13.0. The van der Waals surface area contributed by atoms with Crippen LogP contribution in [0.4, 0.5) is 0 Å². The van der Waals surface area contributed by atoms with Crippen molar-refractivity contribution in [1.82, 2.24) is 19.7 Å². The Bertz CT molecular complexity index is 1080. The summed E-state index contributed by atoms with van der Waals surface area (Å²) in [7, 11) is 0. The minimum Gasteiger partial charge on any atom is -0.331 e. The Morgan fingerprint density at radius 3 is 2.81 bits per heavy atom. The first-order valence-electron chi connectivity index (χ1n) is 9.27. The van der Waals surface area contributed by atoms with Crippen molar-refractivity contribution in [2.24, 2.45) is 5.92 Å². The average molecular weight is 366 g/mol. The first kappa shape index (κ1) is 17.5. The number of nitrogens with one attached hydrogen (secondary N) is 1. The number of hydrogen-bond donors (Lipinski definition) is 1. The molecule has 4 rings (SSSR count). The molecule has 0 spiro atoms. The third-order valence-corrected chi connectivity index (χ3v) is 5.32. The molecule has 1 aliphatic rings. The molecule has 2 aromatic heterocycles. The van der Waals surface area contributed by atoms with Gasteiger partial charge in [0.05, 0.1) is 6.04 Å². The van der Waals surface area contributed by atoms with Crippen LogP contribution in [0, 0.1) is 5.92 Å². The van der Waals surface area contributed by atoms with Gasteiger partial charge in [-0.15, -0.1) is 0 Å². The zero-order valence-corrected chi connectivity index (χ0v) is 15.4. The molecule has 3 heterocycles. The molecule has 1 N–H and O–H groups in total. The zero-order valence-electron chi connectivity index (χ0n) is 15.4. The molecule has 1 fully saturated rings. The van der Waals surface area contributed by atoms with Gasteiger partial charge < -0.3 is 14.7 Å². The number of carbonyl (C=O) groups excluding carboxylic acids is 2. The van der Waals surface area contributed by atoms with Gasteiger partial charge >= 0.3 is 0 Å². The van der Waals surface area contributed by atoms with Gasteiger partial charge in [0.2, 0.25) is 5.91 Å². The van der Waals surface area contributed by atoms with E-state index in [1.54, 1.807) is 15.8 Å². The molecular formula is C20H22N4O3. The van der Waals surface area contributed by atoms with Gasteiger partial charge in [0.25, 0.3) is 5.56 Å². The molecule has 1 saturated heterocycles. The van der Waals surface area contributed by atoms with E-state index in [-0.39, 0.29) is 23.4 Å². The lowest BCUT2D eigenvalue weighted by molar-refractivity contribution is -0.139. The summed E-state index contributed by atoms with van der Waals surface area (Å²) in [4.78, 5) is 41.5. The van der Waals surface area contributed by atoms with Crippen LogP contribution in [-0.2, 0) is 9.59 Å². The topological polar surface area (TPSA) is 88.1 Å². The van der Waals surface area contributed by atoms with E-state index < -0.39 is 6.04 Å². The summed E-state index contributed by atoms with van der Waals surface area (Å²) in [6, 6.07) is 6.61. The highest BCUT2D eigenvalue weighted by Gasteiger charge is 2.36. The highest BCUT2D eigenvalue weighted by molar-refractivity contribution is 6.03. The Hall–Kier alpha value is -2.96. The van der Waals surface area contributed by atoms with E-state index >= 15 is 0 Å². The summed E-state index contributed by atoms with van der Waals surface area (Å²) < 4.78 is 1.60. The van der Waals surface area contributed by atoms with Crippen molar-refractivity contribution in [2.45, 2.75) is 38.8 Å². The highest BCUT2D eigenvalue weighted by Crippen LogP contribution is 2.28. The molecule has 0 aliphatic carbocycles. The standard InChI is InChI=1S/C20H22N4O3/c1-12(2)18(20(27)23-9-5-6-13(23)11-25)24-10-15-14-7-3-4-8-16(14)21-19(26)17(15)22-24/h3-4,7-8,10-13,18H,5-6,9H2,1-2H3,(H,21,26). The SMILES string of the molecule is CC(C)C(C(=O)N1CCCC1C=O)n1cc2c(n1)c(=O)[nH]c1ccccc12. The number of aromatic amines is 1. The number of aldehydes is 1. The summed E-state index contributed by atoms with van der Waals surface area (Å²) in [5, 5.41) is 6.08. The number of benzene rings is 1. The molecule has 1 amide bonds. The van der Waals surface area contributed by atoms with Crippen molar-refractivity contribution >= 4 is 34.0 Å². The van der Waals surface area contributed by atoms with Crippen molar-refractivity contribution in [3.8, 4) is 0 Å². The molecule has 7 nitrogen and oxygen atoms in total. The summed E-state index contributed by atoms with van der Waals surface area (Å²) in [6.07, 6.45) is 4.15. The number of fused-ring (bicyclic) bond motifs is 3. The van der Waals surface area contributed by atoms with Crippen LogP contribution in [0.1, 0.15) is 32.7 Å². The lowest BCUT2D eigenvalue weighted by Crippen LogP contribution is -2.43. The van der Waals surface area contributed by atoms with Gasteiger partial charge in [-0.25, -0.2) is 0 Å². The number of pyridine rings is 1. The minimum atomic E-state index is -0.559. The number of aromatic nitrogens is 3. The fraction of sp³-hybridized carbons (Fsp3) is 0.400. The van der Waals surface area contributed by atoms with Gasteiger partial charge in [-0.05, 0) is 24.8 Å². The van der Waals surface area contributed by atoms with Crippen molar-refractivity contribution in [2.75, 3.05) is 6.54 Å². The molecule has 140 valence electrons. The van der Waals surface area contributed by atoms with Crippen molar-refractivity contribution in [1.29, 1.82) is 0 Å². The Morgan fingerprint density at radius 1 is 1.30 bits per heavy atom. The molecule has 7 heteroatoms. The molecule has 1 aromatic carbocycles. The van der Waals surface area contributed by atoms with Gasteiger partial charge in [0.1, 0.15) is 12.3 Å². The number of para-hydroxylation sites is 1. The average Bonchev–Trinajstić information content (AvgIpc) is 3.29. The monoisotopic (exact) mass is 366 g/mol. The quantitative estimate of drug-likeness (QED) is 0.718. The van der Waals surface area contributed by atoms with Gasteiger partial charge in [-0.3, -0.25) is 14.3 Å².